The van der Waals surface area contributed by atoms with Crippen LogP contribution in [0.4, 0.5) is 14.5 Å². The van der Waals surface area contributed by atoms with Crippen molar-refractivity contribution in [3.63, 3.8) is 0 Å². The van der Waals surface area contributed by atoms with E-state index in [1.165, 1.54) is 23.7 Å². The van der Waals surface area contributed by atoms with E-state index in [-0.39, 0.29) is 27.5 Å². The first-order valence-electron chi connectivity index (χ1n) is 11.8. The van der Waals surface area contributed by atoms with Gasteiger partial charge in [-0.25, -0.2) is 13.3 Å². The molecule has 0 aromatic carbocycles. The molecule has 1 aliphatic rings. The zero-order chi connectivity index (χ0) is 26.0. The van der Waals surface area contributed by atoms with Crippen LogP contribution in [0.5, 0.6) is 0 Å². The molecule has 0 spiro atoms. The monoisotopic (exact) mass is 529 g/mol. The zero-order valence-electron chi connectivity index (χ0n) is 20.1. The summed E-state index contributed by atoms with van der Waals surface area (Å²) in [5.41, 5.74) is 2.60. The molecular weight excluding hydrogens is 500 g/mol. The number of fused-ring (bicyclic) bond motifs is 1. The van der Waals surface area contributed by atoms with E-state index in [4.69, 9.17) is 0 Å². The van der Waals surface area contributed by atoms with Crippen molar-refractivity contribution in [2.75, 3.05) is 31.5 Å². The summed E-state index contributed by atoms with van der Waals surface area (Å²) in [6.07, 6.45) is 7.92. The van der Waals surface area contributed by atoms with Gasteiger partial charge in [0, 0.05) is 72.2 Å². The van der Waals surface area contributed by atoms with Crippen molar-refractivity contribution in [1.29, 1.82) is 0 Å². The highest BCUT2D eigenvalue weighted by Gasteiger charge is 2.33. The van der Waals surface area contributed by atoms with Crippen LogP contribution in [0.1, 0.15) is 42.1 Å². The SMILES string of the molecule is Cc1ncc(C(=O)NCCN2CCC(F)(F)CC2)cc1NC(=O)c1cnn2cc(-c3cccnc3)sc12.[HH].[HH]. The van der Waals surface area contributed by atoms with Gasteiger partial charge in [0.05, 0.1) is 33.6 Å². The predicted molar refractivity (Wildman–Crippen MR) is 140 cm³/mol. The lowest BCUT2D eigenvalue weighted by molar-refractivity contribution is -0.0547. The van der Waals surface area contributed by atoms with Gasteiger partial charge in [0.15, 0.2) is 0 Å². The summed E-state index contributed by atoms with van der Waals surface area (Å²) < 4.78 is 28.3. The fourth-order valence-electron chi connectivity index (χ4n) is 4.09. The van der Waals surface area contributed by atoms with Gasteiger partial charge in [0.25, 0.3) is 17.7 Å². The first kappa shape index (κ1) is 24.9. The summed E-state index contributed by atoms with van der Waals surface area (Å²) in [5, 5.41) is 9.94. The number of pyridine rings is 2. The second kappa shape index (κ2) is 10.3. The number of carbonyl (C=O) groups excluding carboxylic acids is 2. The normalized spacial score (nSPS) is 15.5. The molecule has 1 saturated heterocycles. The third kappa shape index (κ3) is 5.65. The van der Waals surface area contributed by atoms with E-state index in [1.807, 2.05) is 23.2 Å². The van der Waals surface area contributed by atoms with Gasteiger partial charge in [-0.3, -0.25) is 19.6 Å². The number of aromatic nitrogens is 4. The minimum Gasteiger partial charge on any atom is -0.351 e. The summed E-state index contributed by atoms with van der Waals surface area (Å²) >= 11 is 1.43. The van der Waals surface area contributed by atoms with Crippen molar-refractivity contribution >= 4 is 33.7 Å². The summed E-state index contributed by atoms with van der Waals surface area (Å²) in [6.45, 7) is 3.17. The van der Waals surface area contributed by atoms with Crippen LogP contribution in [0.15, 0.2) is 49.2 Å². The molecule has 2 amide bonds. The molecule has 0 bridgehead atoms. The minimum absolute atomic E-state index is 0. The first-order chi connectivity index (χ1) is 17.8. The van der Waals surface area contributed by atoms with Crippen LogP contribution in [-0.4, -0.2) is 68.4 Å². The fourth-order valence-corrected chi connectivity index (χ4v) is 5.14. The number of hydrogen-bond donors (Lipinski definition) is 2. The van der Waals surface area contributed by atoms with E-state index in [9.17, 15) is 18.4 Å². The zero-order valence-corrected chi connectivity index (χ0v) is 20.9. The molecule has 0 aliphatic carbocycles. The third-order valence-electron chi connectivity index (χ3n) is 6.29. The first-order valence-corrected chi connectivity index (χ1v) is 12.6. The lowest BCUT2D eigenvalue weighted by Crippen LogP contribution is -2.43. The van der Waals surface area contributed by atoms with E-state index in [0.29, 0.717) is 53.5 Å². The summed E-state index contributed by atoms with van der Waals surface area (Å²) in [4.78, 5) is 37.7. The number of carbonyl (C=O) groups is 2. The quantitative estimate of drug-likeness (QED) is 0.369. The fraction of sp³-hybridized carbons (Fsp3) is 0.320. The van der Waals surface area contributed by atoms with Crippen molar-refractivity contribution in [3.8, 4) is 10.4 Å². The van der Waals surface area contributed by atoms with Gasteiger partial charge >= 0.3 is 0 Å². The molecule has 2 N–H and O–H groups in total. The van der Waals surface area contributed by atoms with Crippen LogP contribution < -0.4 is 10.6 Å². The van der Waals surface area contributed by atoms with E-state index >= 15 is 0 Å². The topological polar surface area (TPSA) is 105 Å². The maximum atomic E-state index is 13.3. The molecule has 0 unspecified atom stereocenters. The Balaban J connectivity index is 0.00000210. The van der Waals surface area contributed by atoms with Crippen molar-refractivity contribution in [2.45, 2.75) is 25.7 Å². The highest BCUT2D eigenvalue weighted by molar-refractivity contribution is 7.21. The number of piperidine rings is 1. The third-order valence-corrected chi connectivity index (χ3v) is 7.45. The van der Waals surface area contributed by atoms with Gasteiger partial charge in [-0.1, -0.05) is 6.07 Å². The van der Waals surface area contributed by atoms with Crippen molar-refractivity contribution < 1.29 is 21.2 Å². The van der Waals surface area contributed by atoms with Crippen LogP contribution in [0, 0.1) is 6.92 Å². The number of anilines is 1. The molecule has 0 radical (unpaired) electrons. The molecular formula is C25H29F2N7O2S. The maximum Gasteiger partial charge on any atom is 0.260 e. The van der Waals surface area contributed by atoms with Crippen molar-refractivity contribution in [3.05, 3.63) is 66.0 Å². The van der Waals surface area contributed by atoms with E-state index < -0.39 is 5.92 Å². The Kier molecular flexibility index (Phi) is 6.94. The van der Waals surface area contributed by atoms with Gasteiger partial charge in [0.1, 0.15) is 4.83 Å². The number of amides is 2. The lowest BCUT2D eigenvalue weighted by Gasteiger charge is -2.31. The van der Waals surface area contributed by atoms with Gasteiger partial charge < -0.3 is 15.5 Å². The lowest BCUT2D eigenvalue weighted by atomic mass is 10.1. The highest BCUT2D eigenvalue weighted by Crippen LogP contribution is 2.30. The van der Waals surface area contributed by atoms with E-state index in [0.717, 1.165) is 10.4 Å². The van der Waals surface area contributed by atoms with Crippen LogP contribution in [-0.2, 0) is 0 Å². The number of likely N-dealkylation sites (tertiary alicyclic amines) is 1. The summed E-state index contributed by atoms with van der Waals surface area (Å²) in [5.74, 6) is -3.31. The summed E-state index contributed by atoms with van der Waals surface area (Å²) in [7, 11) is 0. The number of nitrogens with one attached hydrogen (secondary N) is 2. The second-order valence-corrected chi connectivity index (χ2v) is 9.94. The Morgan fingerprint density at radius 3 is 2.76 bits per heavy atom. The number of thiazole rings is 1. The predicted octanol–water partition coefficient (Wildman–Crippen LogP) is 4.37. The molecule has 0 saturated carbocycles. The maximum absolute atomic E-state index is 13.3. The number of aryl methyl sites for hydroxylation is 1. The number of alkyl halides is 2. The largest absolute Gasteiger partial charge is 0.351 e. The average Bonchev–Trinajstić information content (AvgIpc) is 3.48. The molecule has 1 aliphatic heterocycles. The number of hydrogen-bond acceptors (Lipinski definition) is 7. The molecule has 0 atom stereocenters. The van der Waals surface area contributed by atoms with Crippen LogP contribution in [0.25, 0.3) is 15.3 Å². The molecule has 12 heteroatoms. The van der Waals surface area contributed by atoms with E-state index in [2.05, 4.69) is 25.7 Å². The Hall–Kier alpha value is -3.77. The number of halogens is 2. The molecule has 5 rings (SSSR count). The van der Waals surface area contributed by atoms with Crippen molar-refractivity contribution in [2.24, 2.45) is 0 Å². The smallest absolute Gasteiger partial charge is 0.260 e. The Morgan fingerprint density at radius 2 is 2.00 bits per heavy atom. The number of nitrogens with zero attached hydrogens (tertiary/aromatic N) is 5. The molecule has 1 fully saturated rings. The number of rotatable bonds is 7. The minimum atomic E-state index is -2.60. The Morgan fingerprint density at radius 1 is 1.19 bits per heavy atom. The van der Waals surface area contributed by atoms with Crippen molar-refractivity contribution in [1.82, 2.24) is 29.8 Å². The molecule has 4 aromatic rings. The van der Waals surface area contributed by atoms with E-state index in [1.54, 1.807) is 29.9 Å². The molecule has 9 nitrogen and oxygen atoms in total. The van der Waals surface area contributed by atoms with Gasteiger partial charge in [-0.05, 0) is 19.1 Å². The van der Waals surface area contributed by atoms with Gasteiger partial charge in [-0.2, -0.15) is 5.10 Å². The molecule has 196 valence electrons. The standard InChI is InChI=1S/C25H25F2N7O2S.2H2/c1-16-20(11-18(13-30-16)22(35)29-7-10-33-8-4-25(26,27)5-9-33)32-23(36)19-14-31-34-15-21(37-24(19)34)17-3-2-6-28-12-17;;/h2-3,6,11-15H,4-5,7-10H2,1H3,(H,29,35)(H,32,36);2*1H. The molecule has 5 heterocycles. The Labute approximate surface area is 218 Å². The highest BCUT2D eigenvalue weighted by atomic mass is 32.1. The Bertz CT molecular complexity index is 1440. The average molecular weight is 530 g/mol. The molecule has 4 aromatic heterocycles. The molecule has 37 heavy (non-hydrogen) atoms. The van der Waals surface area contributed by atoms with Gasteiger partial charge in [-0.15, -0.1) is 11.3 Å². The van der Waals surface area contributed by atoms with Crippen LogP contribution in [0.3, 0.4) is 0 Å². The summed E-state index contributed by atoms with van der Waals surface area (Å²) in [6, 6.07) is 5.36. The van der Waals surface area contributed by atoms with Gasteiger partial charge in [0.2, 0.25) is 0 Å². The van der Waals surface area contributed by atoms with Crippen LogP contribution >= 0.6 is 11.3 Å². The second-order valence-electron chi connectivity index (χ2n) is 8.91. The van der Waals surface area contributed by atoms with Crippen LogP contribution in [0.2, 0.25) is 0 Å².